The first kappa shape index (κ1) is 25.5. The minimum Gasteiger partial charge on any atom is -0.286 e. The molecule has 5 nitrogen and oxygen atoms in total. The van der Waals surface area contributed by atoms with Crippen LogP contribution in [0.2, 0.25) is 0 Å². The van der Waals surface area contributed by atoms with Crippen LogP contribution in [0, 0.1) is 0 Å². The van der Waals surface area contributed by atoms with Crippen LogP contribution in [0.5, 0.6) is 0 Å². The Kier molecular flexibility index (Phi) is 6.53. The highest BCUT2D eigenvalue weighted by Crippen LogP contribution is 2.55. The van der Waals surface area contributed by atoms with Crippen molar-refractivity contribution in [1.29, 1.82) is 0 Å². The number of fused-ring (bicyclic) bond motifs is 2. The number of hydrogen-bond acceptors (Lipinski definition) is 6. The molecule has 198 valence electrons. The van der Waals surface area contributed by atoms with E-state index < -0.39 is 4.99 Å². The lowest BCUT2D eigenvalue weighted by Gasteiger charge is -2.47. The zero-order chi connectivity index (χ0) is 27.8. The van der Waals surface area contributed by atoms with Gasteiger partial charge in [0.05, 0.1) is 17.1 Å². The maximum Gasteiger partial charge on any atom is 0.234 e. The summed E-state index contributed by atoms with van der Waals surface area (Å²) >= 11 is 4.99. The first-order valence-electron chi connectivity index (χ1n) is 13.2. The van der Waals surface area contributed by atoms with Crippen molar-refractivity contribution in [2.24, 2.45) is 10.2 Å². The molecule has 0 saturated heterocycles. The molecular weight excluding hydrogens is 592 g/mol. The molecule has 0 aromatic heterocycles. The largest absolute Gasteiger partial charge is 0.286 e. The van der Waals surface area contributed by atoms with Gasteiger partial charge in [0.2, 0.25) is 10.8 Å². The number of thioether (sulfide) groups is 1. The number of carbonyl (C=O) groups excluding carboxylic acids is 1. The van der Waals surface area contributed by atoms with E-state index in [-0.39, 0.29) is 5.78 Å². The highest BCUT2D eigenvalue weighted by atomic mass is 79.9. The fraction of sp³-hybridized carbons (Fsp3) is 0.0294. The topological polar surface area (TPSA) is 48.3 Å². The zero-order valence-electron chi connectivity index (χ0n) is 21.8. The summed E-state index contributed by atoms with van der Waals surface area (Å²) in [5.74, 6) is -0.124. The lowest BCUT2D eigenvalue weighted by molar-refractivity contribution is 0.106. The number of nitrogens with zero attached hydrogens (tertiary/aromatic N) is 4. The number of benzene rings is 5. The van der Waals surface area contributed by atoms with Gasteiger partial charge >= 0.3 is 0 Å². The first-order valence-corrected chi connectivity index (χ1v) is 14.8. The van der Waals surface area contributed by atoms with E-state index in [1.807, 2.05) is 125 Å². The van der Waals surface area contributed by atoms with Gasteiger partial charge in [0.1, 0.15) is 0 Å². The Labute approximate surface area is 251 Å². The molecule has 2 aliphatic rings. The Bertz CT molecular complexity index is 1790. The second kappa shape index (κ2) is 10.5. The Morgan fingerprint density at radius 1 is 0.634 bits per heavy atom. The molecule has 2 heterocycles. The summed E-state index contributed by atoms with van der Waals surface area (Å²) in [6.07, 6.45) is 0. The quantitative estimate of drug-likeness (QED) is 0.187. The Hall–Kier alpha value is -4.46. The third-order valence-corrected chi connectivity index (χ3v) is 8.93. The minimum absolute atomic E-state index is 0.124. The Balaban J connectivity index is 1.49. The van der Waals surface area contributed by atoms with Crippen LogP contribution in [0.15, 0.2) is 154 Å². The van der Waals surface area contributed by atoms with Crippen LogP contribution in [0.4, 0.5) is 11.4 Å². The summed E-state index contributed by atoms with van der Waals surface area (Å²) in [5, 5.41) is 14.8. The summed E-state index contributed by atoms with van der Waals surface area (Å²) in [6, 6.07) is 45.8. The summed E-state index contributed by atoms with van der Waals surface area (Å²) in [7, 11) is 0. The maximum atomic E-state index is 13.9. The first-order chi connectivity index (χ1) is 20.1. The van der Waals surface area contributed by atoms with Gasteiger partial charge in [-0.15, -0.1) is 0 Å². The SMILES string of the molecule is O=C(C1=NN(c2ccccc2)C2(S1)c1ccccc1C(c1ccc(Br)cc1)=NN2c1ccccc1)c1ccccc1. The van der Waals surface area contributed by atoms with E-state index in [9.17, 15) is 4.79 Å². The predicted molar refractivity (Wildman–Crippen MR) is 172 cm³/mol. The third-order valence-electron chi connectivity index (χ3n) is 7.09. The van der Waals surface area contributed by atoms with Crippen LogP contribution in [0.1, 0.15) is 27.0 Å². The molecule has 2 aliphatic heterocycles. The van der Waals surface area contributed by atoms with Crippen LogP contribution in [0.25, 0.3) is 0 Å². The van der Waals surface area contributed by atoms with Crippen molar-refractivity contribution < 1.29 is 4.79 Å². The average molecular weight is 616 g/mol. The molecular formula is C34H23BrN4OS. The van der Waals surface area contributed by atoms with Crippen molar-refractivity contribution in [3.8, 4) is 0 Å². The van der Waals surface area contributed by atoms with Gasteiger partial charge in [0, 0.05) is 26.7 Å². The molecule has 0 fully saturated rings. The molecule has 0 radical (unpaired) electrons. The van der Waals surface area contributed by atoms with Crippen molar-refractivity contribution in [3.05, 3.63) is 166 Å². The van der Waals surface area contributed by atoms with Crippen LogP contribution in [0.3, 0.4) is 0 Å². The molecule has 41 heavy (non-hydrogen) atoms. The number of ketones is 1. The molecule has 5 aromatic rings. The number of rotatable bonds is 5. The number of halogens is 1. The van der Waals surface area contributed by atoms with Crippen molar-refractivity contribution in [2.75, 3.05) is 10.0 Å². The molecule has 0 amide bonds. The second-order valence-corrected chi connectivity index (χ2v) is 11.7. The van der Waals surface area contributed by atoms with E-state index in [2.05, 4.69) is 40.2 Å². The van der Waals surface area contributed by atoms with Crippen LogP contribution < -0.4 is 10.0 Å². The summed E-state index contributed by atoms with van der Waals surface area (Å²) < 4.78 is 1.00. The van der Waals surface area contributed by atoms with Crippen LogP contribution in [-0.4, -0.2) is 16.5 Å². The third kappa shape index (κ3) is 4.38. The molecule has 0 bridgehead atoms. The fourth-order valence-electron chi connectivity index (χ4n) is 5.20. The lowest BCUT2D eigenvalue weighted by atomic mass is 9.93. The van der Waals surface area contributed by atoms with Gasteiger partial charge in [-0.2, -0.15) is 10.2 Å². The zero-order valence-corrected chi connectivity index (χ0v) is 24.2. The highest BCUT2D eigenvalue weighted by molar-refractivity contribution is 9.10. The van der Waals surface area contributed by atoms with E-state index in [1.54, 1.807) is 0 Å². The monoisotopic (exact) mass is 614 g/mol. The fourth-order valence-corrected chi connectivity index (χ4v) is 6.82. The predicted octanol–water partition coefficient (Wildman–Crippen LogP) is 8.28. The van der Waals surface area contributed by atoms with Crippen LogP contribution in [-0.2, 0) is 4.99 Å². The summed E-state index contributed by atoms with van der Waals surface area (Å²) in [5.41, 5.74) is 6.15. The minimum atomic E-state index is -1.00. The van der Waals surface area contributed by atoms with Gasteiger partial charge < -0.3 is 0 Å². The number of para-hydroxylation sites is 2. The Morgan fingerprint density at radius 3 is 1.80 bits per heavy atom. The van der Waals surface area contributed by atoms with Crippen molar-refractivity contribution >= 4 is 55.6 Å². The number of hydrazone groups is 2. The number of carbonyl (C=O) groups is 1. The summed E-state index contributed by atoms with van der Waals surface area (Å²) in [4.78, 5) is 12.9. The molecule has 1 spiro atoms. The van der Waals surface area contributed by atoms with Gasteiger partial charge in [-0.05, 0) is 48.2 Å². The molecule has 1 unspecified atom stereocenters. The van der Waals surface area contributed by atoms with Gasteiger partial charge in [0.15, 0.2) is 5.04 Å². The normalized spacial score (nSPS) is 17.7. The molecule has 7 heteroatoms. The molecule has 1 atom stereocenters. The van der Waals surface area contributed by atoms with Gasteiger partial charge in [0.25, 0.3) is 0 Å². The average Bonchev–Trinajstić information content (AvgIpc) is 3.44. The van der Waals surface area contributed by atoms with Crippen molar-refractivity contribution in [3.63, 3.8) is 0 Å². The maximum absolute atomic E-state index is 13.9. The highest BCUT2D eigenvalue weighted by Gasteiger charge is 2.56. The molecule has 5 aromatic carbocycles. The molecule has 0 aliphatic carbocycles. The molecule has 0 saturated carbocycles. The van der Waals surface area contributed by atoms with Gasteiger partial charge in [-0.25, -0.2) is 10.0 Å². The number of hydrogen-bond donors (Lipinski definition) is 0. The number of anilines is 2. The second-order valence-electron chi connectivity index (χ2n) is 9.61. The Morgan fingerprint density at radius 2 is 1.17 bits per heavy atom. The van der Waals surface area contributed by atoms with Crippen LogP contribution >= 0.6 is 27.7 Å². The smallest absolute Gasteiger partial charge is 0.234 e. The summed E-state index contributed by atoms with van der Waals surface area (Å²) in [6.45, 7) is 0. The number of Topliss-reactive ketones (excluding diaryl/α,β-unsaturated/α-hetero) is 1. The van der Waals surface area contributed by atoms with E-state index in [0.717, 1.165) is 38.2 Å². The lowest BCUT2D eigenvalue weighted by Crippen LogP contribution is -2.54. The van der Waals surface area contributed by atoms with Crippen molar-refractivity contribution in [1.82, 2.24) is 0 Å². The van der Waals surface area contributed by atoms with E-state index in [1.165, 1.54) is 11.8 Å². The van der Waals surface area contributed by atoms with Gasteiger partial charge in [-0.1, -0.05) is 119 Å². The van der Waals surface area contributed by atoms with Crippen molar-refractivity contribution in [2.45, 2.75) is 4.99 Å². The van der Waals surface area contributed by atoms with E-state index in [0.29, 0.717) is 10.6 Å². The molecule has 0 N–H and O–H groups in total. The van der Waals surface area contributed by atoms with E-state index in [4.69, 9.17) is 10.2 Å². The standard InChI is InChI=1S/C34H23BrN4OS/c35-26-22-20-24(21-23-26)31-29-18-10-11-19-30(29)34(38(36-31)27-14-6-2-7-15-27)39(28-16-8-3-9-17-28)37-33(41-34)32(40)25-12-4-1-5-13-25/h1-23H. The molecule has 7 rings (SSSR count). The van der Waals surface area contributed by atoms with E-state index >= 15 is 0 Å². The van der Waals surface area contributed by atoms with Gasteiger partial charge in [-0.3, -0.25) is 4.79 Å².